The van der Waals surface area contributed by atoms with Crippen molar-refractivity contribution in [3.8, 4) is 11.5 Å². The number of aromatic nitrogens is 2. The van der Waals surface area contributed by atoms with Crippen molar-refractivity contribution < 1.29 is 14.3 Å². The van der Waals surface area contributed by atoms with E-state index in [0.717, 1.165) is 20.3 Å². The van der Waals surface area contributed by atoms with Crippen molar-refractivity contribution in [3.63, 3.8) is 0 Å². The molecule has 0 radical (unpaired) electrons. The van der Waals surface area contributed by atoms with E-state index in [2.05, 4.69) is 42.3 Å². The highest BCUT2D eigenvalue weighted by Crippen LogP contribution is 2.28. The molecule has 0 saturated carbocycles. The summed E-state index contributed by atoms with van der Waals surface area (Å²) in [5.74, 6) is 1.10. The zero-order chi connectivity index (χ0) is 23.2. The molecule has 1 N–H and O–H groups in total. The summed E-state index contributed by atoms with van der Waals surface area (Å²) in [7, 11) is 0. The molecule has 33 heavy (non-hydrogen) atoms. The SMILES string of the molecule is O=C(Nc1cnn(COc2ccc(Br)cc2)c1)c1ccc(COc2ccc(Br)cc2Cl)cc1. The van der Waals surface area contributed by atoms with Crippen LogP contribution in [0.25, 0.3) is 0 Å². The average Bonchev–Trinajstić information content (AvgIpc) is 3.25. The van der Waals surface area contributed by atoms with E-state index in [1.165, 1.54) is 0 Å². The van der Waals surface area contributed by atoms with E-state index >= 15 is 0 Å². The lowest BCUT2D eigenvalue weighted by molar-refractivity contribution is 0.102. The topological polar surface area (TPSA) is 65.4 Å². The minimum atomic E-state index is -0.230. The lowest BCUT2D eigenvalue weighted by atomic mass is 10.1. The first-order valence-electron chi connectivity index (χ1n) is 9.85. The van der Waals surface area contributed by atoms with Crippen LogP contribution in [0, 0.1) is 0 Å². The van der Waals surface area contributed by atoms with Gasteiger partial charge in [-0.1, -0.05) is 55.6 Å². The molecule has 0 spiro atoms. The van der Waals surface area contributed by atoms with Gasteiger partial charge < -0.3 is 14.8 Å². The average molecular weight is 592 g/mol. The van der Waals surface area contributed by atoms with E-state index in [1.54, 1.807) is 41.3 Å². The molecule has 3 aromatic carbocycles. The molecule has 1 amide bonds. The Morgan fingerprint density at radius 2 is 1.70 bits per heavy atom. The van der Waals surface area contributed by atoms with E-state index < -0.39 is 0 Å². The van der Waals surface area contributed by atoms with Crippen LogP contribution in [-0.2, 0) is 13.3 Å². The van der Waals surface area contributed by atoms with Crippen LogP contribution in [-0.4, -0.2) is 15.7 Å². The smallest absolute Gasteiger partial charge is 0.255 e. The second-order valence-corrected chi connectivity index (χ2v) is 9.25. The molecule has 4 aromatic rings. The van der Waals surface area contributed by atoms with Crippen molar-refractivity contribution in [1.29, 1.82) is 0 Å². The Balaban J connectivity index is 1.29. The second-order valence-electron chi connectivity index (χ2n) is 7.01. The highest BCUT2D eigenvalue weighted by atomic mass is 79.9. The fourth-order valence-electron chi connectivity index (χ4n) is 2.88. The van der Waals surface area contributed by atoms with E-state index in [1.807, 2.05) is 42.5 Å². The predicted octanol–water partition coefficient (Wildman–Crippen LogP) is 6.93. The van der Waals surface area contributed by atoms with Gasteiger partial charge in [0, 0.05) is 14.5 Å². The van der Waals surface area contributed by atoms with Gasteiger partial charge in [0.2, 0.25) is 0 Å². The molecule has 168 valence electrons. The Hall–Kier alpha value is -2.81. The number of amides is 1. The van der Waals surface area contributed by atoms with Gasteiger partial charge in [-0.25, -0.2) is 4.68 Å². The Labute approximate surface area is 212 Å². The van der Waals surface area contributed by atoms with Crippen molar-refractivity contribution >= 4 is 55.1 Å². The normalized spacial score (nSPS) is 10.6. The van der Waals surface area contributed by atoms with Gasteiger partial charge in [0.1, 0.15) is 18.1 Å². The Morgan fingerprint density at radius 1 is 0.970 bits per heavy atom. The minimum absolute atomic E-state index is 0.230. The number of nitrogens with zero attached hydrogens (tertiary/aromatic N) is 2. The van der Waals surface area contributed by atoms with Crippen LogP contribution in [0.4, 0.5) is 5.69 Å². The molecule has 6 nitrogen and oxygen atoms in total. The predicted molar refractivity (Wildman–Crippen MR) is 135 cm³/mol. The third-order valence-corrected chi connectivity index (χ3v) is 5.89. The van der Waals surface area contributed by atoms with Gasteiger partial charge in [0.05, 0.1) is 23.1 Å². The molecule has 1 aromatic heterocycles. The van der Waals surface area contributed by atoms with Gasteiger partial charge in [-0.2, -0.15) is 5.10 Å². The Bertz CT molecular complexity index is 1240. The summed E-state index contributed by atoms with van der Waals surface area (Å²) in [6.45, 7) is 0.572. The maximum atomic E-state index is 12.6. The number of benzene rings is 3. The molecule has 0 aliphatic carbocycles. The second kappa shape index (κ2) is 10.9. The number of ether oxygens (including phenoxy) is 2. The van der Waals surface area contributed by atoms with Crippen LogP contribution in [0.5, 0.6) is 11.5 Å². The third-order valence-electron chi connectivity index (χ3n) is 4.57. The number of halogens is 3. The van der Waals surface area contributed by atoms with Crippen molar-refractivity contribution in [2.45, 2.75) is 13.3 Å². The summed E-state index contributed by atoms with van der Waals surface area (Å²) in [5.41, 5.74) is 2.03. The summed E-state index contributed by atoms with van der Waals surface area (Å²) in [6, 6.07) is 20.2. The maximum Gasteiger partial charge on any atom is 0.255 e. The van der Waals surface area contributed by atoms with Crippen LogP contribution in [0.3, 0.4) is 0 Å². The number of anilines is 1. The molecular weight excluding hydrogens is 574 g/mol. The van der Waals surface area contributed by atoms with Crippen molar-refractivity contribution in [2.75, 3.05) is 5.32 Å². The zero-order valence-electron chi connectivity index (χ0n) is 17.2. The standard InChI is InChI=1S/C24H18Br2ClN3O3/c25-18-5-8-21(9-6-18)33-15-30-13-20(12-28-30)29-24(31)17-3-1-16(2-4-17)14-32-23-10-7-19(26)11-22(23)27/h1-13H,14-15H2,(H,29,31). The molecule has 0 atom stereocenters. The van der Waals surface area contributed by atoms with E-state index in [9.17, 15) is 4.79 Å². The molecule has 0 aliphatic rings. The fraction of sp³-hybridized carbons (Fsp3) is 0.0833. The highest BCUT2D eigenvalue weighted by molar-refractivity contribution is 9.10. The third kappa shape index (κ3) is 6.60. The molecule has 0 fully saturated rings. The molecule has 0 aliphatic heterocycles. The van der Waals surface area contributed by atoms with E-state index in [0.29, 0.717) is 28.6 Å². The first kappa shape index (κ1) is 23.4. The zero-order valence-corrected chi connectivity index (χ0v) is 21.1. The number of hydrogen-bond acceptors (Lipinski definition) is 4. The summed E-state index contributed by atoms with van der Waals surface area (Å²) in [4.78, 5) is 12.6. The summed E-state index contributed by atoms with van der Waals surface area (Å²) in [6.07, 6.45) is 3.29. The summed E-state index contributed by atoms with van der Waals surface area (Å²) >= 11 is 12.9. The molecular formula is C24H18Br2ClN3O3. The monoisotopic (exact) mass is 589 g/mol. The molecule has 1 heterocycles. The maximum absolute atomic E-state index is 12.6. The van der Waals surface area contributed by atoms with Crippen molar-refractivity contribution in [3.05, 3.63) is 104 Å². The van der Waals surface area contributed by atoms with E-state index in [4.69, 9.17) is 21.1 Å². The summed E-state index contributed by atoms with van der Waals surface area (Å²) in [5, 5.41) is 7.58. The van der Waals surface area contributed by atoms with Crippen LogP contribution < -0.4 is 14.8 Å². The first-order chi connectivity index (χ1) is 16.0. The van der Waals surface area contributed by atoms with Gasteiger partial charge in [-0.15, -0.1) is 0 Å². The van der Waals surface area contributed by atoms with Crippen LogP contribution in [0.15, 0.2) is 88.1 Å². The lowest BCUT2D eigenvalue weighted by Crippen LogP contribution is -2.11. The lowest BCUT2D eigenvalue weighted by Gasteiger charge is -2.09. The summed E-state index contributed by atoms with van der Waals surface area (Å²) < 4.78 is 14.9. The van der Waals surface area contributed by atoms with Gasteiger partial charge >= 0.3 is 0 Å². The molecule has 0 unspecified atom stereocenters. The minimum Gasteiger partial charge on any atom is -0.487 e. The van der Waals surface area contributed by atoms with Crippen LogP contribution in [0.2, 0.25) is 5.02 Å². The number of carbonyl (C=O) groups is 1. The largest absolute Gasteiger partial charge is 0.487 e. The van der Waals surface area contributed by atoms with Crippen LogP contribution in [0.1, 0.15) is 15.9 Å². The fourth-order valence-corrected chi connectivity index (χ4v) is 3.87. The van der Waals surface area contributed by atoms with Crippen LogP contribution >= 0.6 is 43.5 Å². The molecule has 0 bridgehead atoms. The molecule has 4 rings (SSSR count). The number of rotatable bonds is 8. The van der Waals surface area contributed by atoms with Gasteiger partial charge in [-0.3, -0.25) is 4.79 Å². The van der Waals surface area contributed by atoms with Gasteiger partial charge in [-0.05, 0) is 60.2 Å². The van der Waals surface area contributed by atoms with Crippen molar-refractivity contribution in [1.82, 2.24) is 9.78 Å². The number of hydrogen-bond donors (Lipinski definition) is 1. The number of carbonyl (C=O) groups excluding carboxylic acids is 1. The quantitative estimate of drug-likeness (QED) is 0.241. The first-order valence-corrected chi connectivity index (χ1v) is 11.8. The molecule has 0 saturated heterocycles. The molecule has 9 heteroatoms. The van der Waals surface area contributed by atoms with Gasteiger partial charge in [0.25, 0.3) is 5.91 Å². The number of nitrogens with one attached hydrogen (secondary N) is 1. The van der Waals surface area contributed by atoms with Gasteiger partial charge in [0.15, 0.2) is 6.73 Å². The van der Waals surface area contributed by atoms with E-state index in [-0.39, 0.29) is 12.6 Å². The Kier molecular flexibility index (Phi) is 7.69. The Morgan fingerprint density at radius 3 is 2.42 bits per heavy atom. The van der Waals surface area contributed by atoms with Crippen molar-refractivity contribution in [2.24, 2.45) is 0 Å². The highest BCUT2D eigenvalue weighted by Gasteiger charge is 2.09.